The number of benzene rings is 2. The summed E-state index contributed by atoms with van der Waals surface area (Å²) in [7, 11) is 0. The zero-order valence-corrected chi connectivity index (χ0v) is 15.5. The smallest absolute Gasteiger partial charge is 0.347 e. The molecule has 2 unspecified atom stereocenters. The summed E-state index contributed by atoms with van der Waals surface area (Å²) in [6, 6.07) is 19.5. The van der Waals surface area contributed by atoms with Crippen LogP contribution in [0.3, 0.4) is 0 Å². The molecule has 4 heteroatoms. The average molecular weight is 364 g/mol. The Hall–Kier alpha value is -2.17. The second-order valence-corrected chi connectivity index (χ2v) is 8.38. The van der Waals surface area contributed by atoms with Crippen molar-refractivity contribution in [2.24, 2.45) is 0 Å². The van der Waals surface area contributed by atoms with Gasteiger partial charge in [0.15, 0.2) is 0 Å². The lowest BCUT2D eigenvalue weighted by Gasteiger charge is -2.37. The van der Waals surface area contributed by atoms with Crippen molar-refractivity contribution in [1.29, 1.82) is 0 Å². The molecule has 27 heavy (non-hydrogen) atoms. The summed E-state index contributed by atoms with van der Waals surface area (Å²) in [6.07, 6.45) is 4.28. The Morgan fingerprint density at radius 2 is 1.37 bits per heavy atom. The molecule has 0 amide bonds. The summed E-state index contributed by atoms with van der Waals surface area (Å²) in [5, 5.41) is 11.5. The number of hydrogen-bond acceptors (Lipinski definition) is 3. The van der Waals surface area contributed by atoms with Gasteiger partial charge in [-0.2, -0.15) is 0 Å². The molecule has 3 aliphatic heterocycles. The predicted molar refractivity (Wildman–Crippen MR) is 102 cm³/mol. The van der Waals surface area contributed by atoms with Gasteiger partial charge in [-0.05, 0) is 11.1 Å². The fraction of sp³-hybridized carbons (Fsp3) is 0.435. The van der Waals surface area contributed by atoms with Crippen molar-refractivity contribution >= 4 is 5.97 Å². The van der Waals surface area contributed by atoms with E-state index in [1.165, 1.54) is 30.4 Å². The first-order valence-corrected chi connectivity index (χ1v) is 10.0. The monoisotopic (exact) mass is 364 g/mol. The second kappa shape index (κ2) is 6.18. The van der Waals surface area contributed by atoms with Gasteiger partial charge >= 0.3 is 5.97 Å². The maximum absolute atomic E-state index is 13.3. The number of carbonyl (C=O) groups is 1. The van der Waals surface area contributed by atoms with Crippen LogP contribution in [0.2, 0.25) is 0 Å². The van der Waals surface area contributed by atoms with Crippen LogP contribution in [0.5, 0.6) is 0 Å². The Balaban J connectivity index is 1.42. The van der Waals surface area contributed by atoms with Gasteiger partial charge in [0.1, 0.15) is 19.2 Å². The van der Waals surface area contributed by atoms with E-state index in [1.807, 2.05) is 36.4 Å². The van der Waals surface area contributed by atoms with Gasteiger partial charge in [0.2, 0.25) is 5.60 Å². The number of aliphatic hydroxyl groups is 1. The molecule has 0 saturated carbocycles. The molecule has 2 bridgehead atoms. The number of piperidine rings is 1. The molecule has 3 aliphatic rings. The lowest BCUT2D eigenvalue weighted by atomic mass is 9.86. The minimum atomic E-state index is -1.77. The molecular formula is C23H26NO3+. The Kier molecular flexibility index (Phi) is 3.88. The molecule has 2 aromatic carbocycles. The molecule has 3 saturated heterocycles. The Morgan fingerprint density at radius 3 is 1.81 bits per heavy atom. The van der Waals surface area contributed by atoms with Gasteiger partial charge in [0.05, 0.1) is 12.1 Å². The standard InChI is InChI=1S/C23H26NO3/c25-22(27-21-15-19-11-12-20(16-21)24(19)13-14-24)23(26,17-7-3-1-4-8-17)18-9-5-2-6-10-18/h1-10,19-21,26H,11-16H2/q+1. The molecule has 3 heterocycles. The van der Waals surface area contributed by atoms with E-state index in [-0.39, 0.29) is 6.10 Å². The lowest BCUT2D eigenvalue weighted by molar-refractivity contribution is -0.846. The minimum Gasteiger partial charge on any atom is -0.459 e. The summed E-state index contributed by atoms with van der Waals surface area (Å²) in [5.41, 5.74) is -0.672. The summed E-state index contributed by atoms with van der Waals surface area (Å²) < 4.78 is 7.24. The summed E-state index contributed by atoms with van der Waals surface area (Å²) in [5.74, 6) is -0.552. The van der Waals surface area contributed by atoms with E-state index in [0.717, 1.165) is 12.8 Å². The number of esters is 1. The molecule has 2 atom stereocenters. The first-order chi connectivity index (χ1) is 13.1. The molecule has 140 valence electrons. The third-order valence-corrected chi connectivity index (χ3v) is 7.05. The highest BCUT2D eigenvalue weighted by Gasteiger charge is 2.62. The van der Waals surface area contributed by atoms with Gasteiger partial charge in [0.25, 0.3) is 0 Å². The average Bonchev–Trinajstić information content (AvgIpc) is 3.47. The predicted octanol–water partition coefficient (Wildman–Crippen LogP) is 2.99. The van der Waals surface area contributed by atoms with Crippen LogP contribution < -0.4 is 0 Å². The zero-order chi connectivity index (χ0) is 18.5. The summed E-state index contributed by atoms with van der Waals surface area (Å²) >= 11 is 0. The molecule has 0 aromatic heterocycles. The highest BCUT2D eigenvalue weighted by molar-refractivity contribution is 5.85. The molecule has 1 N–H and O–H groups in total. The van der Waals surface area contributed by atoms with Crippen molar-refractivity contribution in [1.82, 2.24) is 0 Å². The van der Waals surface area contributed by atoms with E-state index < -0.39 is 11.6 Å². The highest BCUT2D eigenvalue weighted by atomic mass is 16.6. The molecule has 2 aromatic rings. The van der Waals surface area contributed by atoms with Crippen LogP contribution in [-0.2, 0) is 15.1 Å². The van der Waals surface area contributed by atoms with Crippen molar-refractivity contribution in [3.63, 3.8) is 0 Å². The number of hydrogen-bond donors (Lipinski definition) is 1. The van der Waals surface area contributed by atoms with Crippen LogP contribution in [0.25, 0.3) is 0 Å². The third-order valence-electron chi connectivity index (χ3n) is 7.05. The highest BCUT2D eigenvalue weighted by Crippen LogP contribution is 2.49. The molecule has 4 nitrogen and oxygen atoms in total. The van der Waals surface area contributed by atoms with E-state index in [0.29, 0.717) is 23.2 Å². The fourth-order valence-corrected chi connectivity index (χ4v) is 5.50. The topological polar surface area (TPSA) is 46.5 Å². The minimum absolute atomic E-state index is 0.0849. The van der Waals surface area contributed by atoms with Crippen LogP contribution in [0.4, 0.5) is 0 Å². The first kappa shape index (κ1) is 17.0. The van der Waals surface area contributed by atoms with Gasteiger partial charge in [-0.15, -0.1) is 0 Å². The summed E-state index contributed by atoms with van der Waals surface area (Å²) in [4.78, 5) is 13.3. The Labute approximate surface area is 160 Å². The van der Waals surface area contributed by atoms with Crippen molar-refractivity contribution in [3.8, 4) is 0 Å². The van der Waals surface area contributed by atoms with Crippen molar-refractivity contribution in [2.75, 3.05) is 13.1 Å². The number of ether oxygens (including phenoxy) is 1. The van der Waals surface area contributed by atoms with Gasteiger partial charge in [-0.1, -0.05) is 60.7 Å². The number of quaternary nitrogens is 1. The molecule has 0 radical (unpaired) electrons. The third kappa shape index (κ3) is 2.62. The molecular weight excluding hydrogens is 338 g/mol. The molecule has 1 spiro atoms. The van der Waals surface area contributed by atoms with Crippen LogP contribution in [-0.4, -0.2) is 46.8 Å². The van der Waals surface area contributed by atoms with Crippen molar-refractivity contribution in [2.45, 2.75) is 49.5 Å². The first-order valence-electron chi connectivity index (χ1n) is 10.0. The van der Waals surface area contributed by atoms with Gasteiger partial charge in [-0.3, -0.25) is 0 Å². The van der Waals surface area contributed by atoms with Gasteiger partial charge in [0, 0.05) is 25.7 Å². The lowest BCUT2D eigenvalue weighted by Crippen LogP contribution is -2.50. The van der Waals surface area contributed by atoms with E-state index >= 15 is 0 Å². The van der Waals surface area contributed by atoms with E-state index in [1.54, 1.807) is 24.3 Å². The van der Waals surface area contributed by atoms with Crippen LogP contribution in [0.15, 0.2) is 60.7 Å². The number of rotatable bonds is 4. The SMILES string of the molecule is O=C(OC1CC2CCC(C1)[N+]21CC1)C(O)(c1ccccc1)c1ccccc1. The molecule has 3 fully saturated rings. The van der Waals surface area contributed by atoms with Gasteiger partial charge in [-0.25, -0.2) is 4.79 Å². The summed E-state index contributed by atoms with van der Waals surface area (Å²) in [6.45, 7) is 2.60. The van der Waals surface area contributed by atoms with Crippen molar-refractivity contribution < 1.29 is 19.1 Å². The van der Waals surface area contributed by atoms with Gasteiger partial charge < -0.3 is 14.3 Å². The molecule has 5 rings (SSSR count). The van der Waals surface area contributed by atoms with E-state index in [2.05, 4.69) is 0 Å². The van der Waals surface area contributed by atoms with Crippen molar-refractivity contribution in [3.05, 3.63) is 71.8 Å². The van der Waals surface area contributed by atoms with Crippen LogP contribution in [0.1, 0.15) is 36.8 Å². The Bertz CT molecular complexity index is 776. The maximum atomic E-state index is 13.3. The maximum Gasteiger partial charge on any atom is 0.347 e. The van der Waals surface area contributed by atoms with Crippen LogP contribution in [0, 0.1) is 0 Å². The van der Waals surface area contributed by atoms with E-state index in [4.69, 9.17) is 4.74 Å². The number of carbonyl (C=O) groups excluding carboxylic acids is 1. The van der Waals surface area contributed by atoms with E-state index in [9.17, 15) is 9.90 Å². The quantitative estimate of drug-likeness (QED) is 0.515. The second-order valence-electron chi connectivity index (χ2n) is 8.38. The fourth-order valence-electron chi connectivity index (χ4n) is 5.50. The normalized spacial score (nSPS) is 28.1. The number of nitrogens with zero attached hydrogens (tertiary/aromatic N) is 1. The molecule has 0 aliphatic carbocycles. The van der Waals surface area contributed by atoms with Crippen LogP contribution >= 0.6 is 0 Å². The Morgan fingerprint density at radius 1 is 0.889 bits per heavy atom. The largest absolute Gasteiger partial charge is 0.459 e. The zero-order valence-electron chi connectivity index (χ0n) is 15.5.